The molecular formula is C46H66. The van der Waals surface area contributed by atoms with Gasteiger partial charge in [0, 0.05) is 10.8 Å². The zero-order valence-electron chi connectivity index (χ0n) is 32.4. The minimum atomic E-state index is -0.260. The third-order valence-electron chi connectivity index (χ3n) is 12.8. The molecule has 0 saturated carbocycles. The molecule has 0 unspecified atom stereocenters. The molecule has 4 rings (SSSR count). The second-order valence-electron chi connectivity index (χ2n) is 18.8. The van der Waals surface area contributed by atoms with Gasteiger partial charge in [-0.25, -0.2) is 0 Å². The predicted octanol–water partition coefficient (Wildman–Crippen LogP) is 13.9. The zero-order valence-corrected chi connectivity index (χ0v) is 32.4. The molecule has 46 heavy (non-hydrogen) atoms. The lowest BCUT2D eigenvalue weighted by Crippen LogP contribution is -2.59. The number of hydrogen-bond donors (Lipinski definition) is 0. The lowest BCUT2D eigenvalue weighted by Gasteiger charge is -2.68. The van der Waals surface area contributed by atoms with E-state index in [1.54, 1.807) is 0 Å². The van der Waals surface area contributed by atoms with Gasteiger partial charge in [-0.15, -0.1) is 0 Å². The van der Waals surface area contributed by atoms with E-state index in [0.717, 1.165) is 37.7 Å². The van der Waals surface area contributed by atoms with Gasteiger partial charge in [0.05, 0.1) is 0 Å². The van der Waals surface area contributed by atoms with Gasteiger partial charge in [-0.1, -0.05) is 142 Å². The van der Waals surface area contributed by atoms with Gasteiger partial charge < -0.3 is 0 Å². The highest BCUT2D eigenvalue weighted by Crippen LogP contribution is 2.76. The molecule has 3 aliphatic carbocycles. The van der Waals surface area contributed by atoms with Gasteiger partial charge >= 0.3 is 0 Å². The molecule has 1 aromatic rings. The van der Waals surface area contributed by atoms with E-state index in [0.29, 0.717) is 11.8 Å². The van der Waals surface area contributed by atoms with Crippen LogP contribution < -0.4 is 0 Å². The summed E-state index contributed by atoms with van der Waals surface area (Å²) in [5.41, 5.74) is 17.5. The van der Waals surface area contributed by atoms with Gasteiger partial charge in [0.25, 0.3) is 0 Å². The summed E-state index contributed by atoms with van der Waals surface area (Å²) in [5, 5.41) is 0. The Labute approximate surface area is 284 Å². The van der Waals surface area contributed by atoms with Crippen LogP contribution in [0.25, 0.3) is 5.57 Å². The third-order valence-corrected chi connectivity index (χ3v) is 12.8. The first-order chi connectivity index (χ1) is 20.8. The molecule has 0 fully saturated rings. The summed E-state index contributed by atoms with van der Waals surface area (Å²) in [6.45, 7) is 57.1. The Morgan fingerprint density at radius 3 is 1.93 bits per heavy atom. The van der Waals surface area contributed by atoms with Crippen LogP contribution in [0.1, 0.15) is 144 Å². The summed E-state index contributed by atoms with van der Waals surface area (Å²) in [6.07, 6.45) is 4.90. The largest absolute Gasteiger partial charge is 0.0998 e. The number of allylic oxidation sites excluding steroid dienone is 9. The molecule has 0 aliphatic heterocycles. The molecule has 0 N–H and O–H groups in total. The Kier molecular flexibility index (Phi) is 9.08. The van der Waals surface area contributed by atoms with E-state index in [2.05, 4.69) is 122 Å². The molecule has 0 radical (unpaired) electrons. The van der Waals surface area contributed by atoms with Crippen LogP contribution >= 0.6 is 0 Å². The van der Waals surface area contributed by atoms with E-state index in [4.69, 9.17) is 19.7 Å². The molecular weight excluding hydrogens is 553 g/mol. The van der Waals surface area contributed by atoms with E-state index in [-0.39, 0.29) is 27.1 Å². The van der Waals surface area contributed by atoms with Crippen LogP contribution in [0.3, 0.4) is 0 Å². The van der Waals surface area contributed by atoms with E-state index >= 15 is 0 Å². The van der Waals surface area contributed by atoms with Crippen molar-refractivity contribution in [2.75, 3.05) is 0 Å². The summed E-state index contributed by atoms with van der Waals surface area (Å²) in [5.74, 6) is 0.733. The Morgan fingerprint density at radius 2 is 1.41 bits per heavy atom. The van der Waals surface area contributed by atoms with Gasteiger partial charge in [-0.05, 0) is 132 Å². The Morgan fingerprint density at radius 1 is 0.870 bits per heavy atom. The van der Waals surface area contributed by atoms with Crippen LogP contribution in [0.15, 0.2) is 89.6 Å². The number of rotatable bonds is 7. The Hall–Kier alpha value is -2.60. The molecule has 5 atom stereocenters. The van der Waals surface area contributed by atoms with Crippen molar-refractivity contribution in [2.24, 2.45) is 33.0 Å². The minimum Gasteiger partial charge on any atom is -0.0998 e. The average Bonchev–Trinajstić information content (AvgIpc) is 2.87. The summed E-state index contributed by atoms with van der Waals surface area (Å²) in [7, 11) is 0. The second kappa shape index (κ2) is 11.5. The summed E-state index contributed by atoms with van der Waals surface area (Å²) in [4.78, 5) is 0. The molecule has 0 amide bonds. The third kappa shape index (κ3) is 5.44. The molecule has 0 aromatic heterocycles. The molecule has 0 heteroatoms. The van der Waals surface area contributed by atoms with Crippen LogP contribution in [-0.4, -0.2) is 0 Å². The first kappa shape index (κ1) is 36.2. The van der Waals surface area contributed by atoms with Crippen molar-refractivity contribution >= 4 is 5.57 Å². The molecule has 0 bridgehead atoms. The van der Waals surface area contributed by atoms with Crippen LogP contribution in [0, 0.1) is 39.9 Å². The fourth-order valence-electron chi connectivity index (χ4n) is 10.9. The maximum atomic E-state index is 5.01. The first-order valence-electron chi connectivity index (χ1n) is 17.8. The number of hydrogen-bond acceptors (Lipinski definition) is 0. The van der Waals surface area contributed by atoms with Gasteiger partial charge in [-0.2, -0.15) is 0 Å². The monoisotopic (exact) mass is 619 g/mol. The SMILES string of the molecule is C=C(Cc1ccc2c(c1C)C(=C)C1=C(C)[C@@]3(CC(=C)CC(C)(C)C)C(=C)C(C(=C)C)=C(C)C[C@@]3(C)[C@H](C)[C@@]1(C)[C@@H]2C)CC(C)(C)C. The predicted molar refractivity (Wildman–Crippen MR) is 205 cm³/mol. The smallest absolute Gasteiger partial charge is 0.0261 e. The average molecular weight is 619 g/mol. The maximum Gasteiger partial charge on any atom is 0.0261 e. The van der Waals surface area contributed by atoms with E-state index in [1.807, 2.05) is 0 Å². The second-order valence-corrected chi connectivity index (χ2v) is 18.8. The lowest BCUT2D eigenvalue weighted by molar-refractivity contribution is -0.0354. The standard InChI is InChI=1S/C46H66/c1-27(2)39-30(5)26-44(18)36(11)45(19)33(8)38-21-20-37(22-28(3)23-42(12,13)14)31(6)40(38)32(7)41(45)35(10)46(44,34(39)9)25-29(4)24-43(15,16)17/h20-21,33,36H,1,3-4,7,9,22-26H2,2,5-6,8,10-19H3/t33-,36+,44+,45-,46-/m1/s1. The van der Waals surface area contributed by atoms with E-state index in [1.165, 1.54) is 66.8 Å². The van der Waals surface area contributed by atoms with Crippen molar-refractivity contribution in [3.8, 4) is 0 Å². The molecule has 3 aliphatic rings. The summed E-state index contributed by atoms with van der Waals surface area (Å²) >= 11 is 0. The number of benzene rings is 1. The fraction of sp³-hybridized carbons (Fsp3) is 0.565. The summed E-state index contributed by atoms with van der Waals surface area (Å²) < 4.78 is 0. The highest BCUT2D eigenvalue weighted by atomic mass is 14.7. The van der Waals surface area contributed by atoms with Gasteiger partial charge in [-0.3, -0.25) is 0 Å². The first-order valence-corrected chi connectivity index (χ1v) is 17.8. The Balaban J connectivity index is 2.03. The number of fused-ring (bicyclic) bond motifs is 3. The molecule has 250 valence electrons. The highest BCUT2D eigenvalue weighted by Gasteiger charge is 2.66. The summed E-state index contributed by atoms with van der Waals surface area (Å²) in [6, 6.07) is 4.82. The van der Waals surface area contributed by atoms with E-state index in [9.17, 15) is 0 Å². The highest BCUT2D eigenvalue weighted by molar-refractivity contribution is 5.88. The van der Waals surface area contributed by atoms with Crippen molar-refractivity contribution in [1.82, 2.24) is 0 Å². The fourth-order valence-corrected chi connectivity index (χ4v) is 10.9. The van der Waals surface area contributed by atoms with Crippen LogP contribution in [0.5, 0.6) is 0 Å². The quantitative estimate of drug-likeness (QED) is 0.267. The Bertz CT molecular complexity index is 1600. The molecule has 0 nitrogen and oxygen atoms in total. The van der Waals surface area contributed by atoms with Crippen LogP contribution in [0.2, 0.25) is 0 Å². The lowest BCUT2D eigenvalue weighted by atomic mass is 9.35. The van der Waals surface area contributed by atoms with Gasteiger partial charge in [0.1, 0.15) is 0 Å². The minimum absolute atomic E-state index is 0.0397. The molecule has 1 aromatic carbocycles. The van der Waals surface area contributed by atoms with Crippen molar-refractivity contribution < 1.29 is 0 Å². The van der Waals surface area contributed by atoms with E-state index < -0.39 is 0 Å². The zero-order chi connectivity index (χ0) is 35.1. The van der Waals surface area contributed by atoms with Crippen molar-refractivity contribution in [2.45, 2.75) is 135 Å². The van der Waals surface area contributed by atoms with Crippen molar-refractivity contribution in [3.05, 3.63) is 112 Å². The normalized spacial score (nSPS) is 29.8. The van der Waals surface area contributed by atoms with Crippen LogP contribution in [-0.2, 0) is 6.42 Å². The van der Waals surface area contributed by atoms with Crippen molar-refractivity contribution in [1.29, 1.82) is 0 Å². The molecule has 0 saturated heterocycles. The molecule has 0 spiro atoms. The molecule has 0 heterocycles. The van der Waals surface area contributed by atoms with Crippen LogP contribution in [0.4, 0.5) is 0 Å². The maximum absolute atomic E-state index is 5.01. The van der Waals surface area contributed by atoms with Gasteiger partial charge in [0.2, 0.25) is 0 Å². The van der Waals surface area contributed by atoms with Crippen molar-refractivity contribution in [3.63, 3.8) is 0 Å². The van der Waals surface area contributed by atoms with Gasteiger partial charge in [0.15, 0.2) is 0 Å². The topological polar surface area (TPSA) is 0 Å².